The molecule has 1 saturated heterocycles. The van der Waals surface area contributed by atoms with Gasteiger partial charge in [-0.1, -0.05) is 31.2 Å². The summed E-state index contributed by atoms with van der Waals surface area (Å²) in [5.74, 6) is 2.66. The minimum Gasteiger partial charge on any atom is -0.508 e. The Balaban J connectivity index is 1.40. The van der Waals surface area contributed by atoms with Crippen molar-refractivity contribution in [2.24, 2.45) is 5.92 Å². The Morgan fingerprint density at radius 3 is 2.40 bits per heavy atom. The lowest BCUT2D eigenvalue weighted by atomic mass is 9.86. The first-order valence-electron chi connectivity index (χ1n) is 12.4. The molecule has 2 unspecified atom stereocenters. The Bertz CT molecular complexity index is 1220. The zero-order chi connectivity index (χ0) is 24.5. The van der Waals surface area contributed by atoms with Gasteiger partial charge in [0, 0.05) is 29.8 Å². The molecule has 3 atom stereocenters. The normalized spacial score (nSPS) is 20.9. The standard InChI is InChI=1S/C30H33NO4/c1-19-14-15-31(17-19)20(2)18-34-26-11-6-23(7-12-26)30-29(22-4-8-24(32)9-5-22)21(3)27-13-10-25(33)16-28(27)35-30/h4-13,16,19-20,30,32-33H,14-15,17-18H2,1-3H3/t19-,20?,30?/m1/s1. The maximum atomic E-state index is 10.0. The van der Waals surface area contributed by atoms with E-state index in [0.717, 1.165) is 52.6 Å². The molecule has 5 rings (SSSR count). The predicted molar refractivity (Wildman–Crippen MR) is 139 cm³/mol. The quantitative estimate of drug-likeness (QED) is 0.444. The third-order valence-corrected chi connectivity index (χ3v) is 7.21. The molecule has 0 saturated carbocycles. The molecule has 0 aromatic heterocycles. The third kappa shape index (κ3) is 4.87. The summed E-state index contributed by atoms with van der Waals surface area (Å²) in [7, 11) is 0. The van der Waals surface area contributed by atoms with Gasteiger partial charge < -0.3 is 19.7 Å². The van der Waals surface area contributed by atoms with Crippen LogP contribution < -0.4 is 9.47 Å². The number of allylic oxidation sites excluding steroid dienone is 1. The van der Waals surface area contributed by atoms with Crippen molar-refractivity contribution in [1.29, 1.82) is 0 Å². The molecule has 2 aliphatic heterocycles. The maximum absolute atomic E-state index is 10.0. The van der Waals surface area contributed by atoms with Crippen LogP contribution in [0.5, 0.6) is 23.0 Å². The predicted octanol–water partition coefficient (Wildman–Crippen LogP) is 6.27. The minimum absolute atomic E-state index is 0.175. The van der Waals surface area contributed by atoms with Gasteiger partial charge in [0.05, 0.1) is 0 Å². The SMILES string of the molecule is CC1=C(c2ccc(O)cc2)C(c2ccc(OCC(C)N3CC[C@@H](C)C3)cc2)Oc2cc(O)ccc21. The van der Waals surface area contributed by atoms with Gasteiger partial charge >= 0.3 is 0 Å². The summed E-state index contributed by atoms with van der Waals surface area (Å²) in [6.07, 6.45) is 0.908. The molecule has 2 aliphatic rings. The maximum Gasteiger partial charge on any atom is 0.150 e. The van der Waals surface area contributed by atoms with E-state index in [1.807, 2.05) is 42.5 Å². The van der Waals surface area contributed by atoms with Crippen LogP contribution in [0.15, 0.2) is 66.7 Å². The molecule has 0 radical (unpaired) electrons. The molecule has 1 fully saturated rings. The monoisotopic (exact) mass is 471 g/mol. The third-order valence-electron chi connectivity index (χ3n) is 7.21. The molecule has 5 heteroatoms. The van der Waals surface area contributed by atoms with Gasteiger partial charge in [0.25, 0.3) is 0 Å². The second kappa shape index (κ2) is 9.67. The zero-order valence-corrected chi connectivity index (χ0v) is 20.6. The number of aromatic hydroxyl groups is 2. The van der Waals surface area contributed by atoms with Crippen molar-refractivity contribution >= 4 is 11.1 Å². The van der Waals surface area contributed by atoms with Crippen LogP contribution in [0, 0.1) is 5.92 Å². The molecule has 0 spiro atoms. The number of ether oxygens (including phenoxy) is 2. The van der Waals surface area contributed by atoms with Crippen LogP contribution in [0.3, 0.4) is 0 Å². The highest BCUT2D eigenvalue weighted by atomic mass is 16.5. The smallest absolute Gasteiger partial charge is 0.150 e. The summed E-state index contributed by atoms with van der Waals surface area (Å²) in [5.41, 5.74) is 5.05. The highest BCUT2D eigenvalue weighted by molar-refractivity contribution is 5.95. The summed E-state index contributed by atoms with van der Waals surface area (Å²) < 4.78 is 12.6. The molecule has 3 aromatic carbocycles. The lowest BCUT2D eigenvalue weighted by Crippen LogP contribution is -2.35. The van der Waals surface area contributed by atoms with Crippen molar-refractivity contribution in [2.75, 3.05) is 19.7 Å². The summed E-state index contributed by atoms with van der Waals surface area (Å²) >= 11 is 0. The second-order valence-electron chi connectivity index (χ2n) is 9.88. The van der Waals surface area contributed by atoms with Crippen LogP contribution >= 0.6 is 0 Å². The molecule has 0 aliphatic carbocycles. The number of hydrogen-bond acceptors (Lipinski definition) is 5. The van der Waals surface area contributed by atoms with Crippen molar-refractivity contribution in [3.8, 4) is 23.0 Å². The fourth-order valence-electron chi connectivity index (χ4n) is 5.12. The number of phenols is 2. The van der Waals surface area contributed by atoms with Gasteiger partial charge in [0.15, 0.2) is 0 Å². The van der Waals surface area contributed by atoms with Gasteiger partial charge in [0.1, 0.15) is 35.7 Å². The van der Waals surface area contributed by atoms with Crippen molar-refractivity contribution in [2.45, 2.75) is 39.3 Å². The number of benzene rings is 3. The molecule has 182 valence electrons. The first kappa shape index (κ1) is 23.3. The van der Waals surface area contributed by atoms with Gasteiger partial charge in [-0.2, -0.15) is 0 Å². The lowest BCUT2D eigenvalue weighted by molar-refractivity contribution is 0.169. The van der Waals surface area contributed by atoms with Crippen LogP contribution in [0.4, 0.5) is 0 Å². The van der Waals surface area contributed by atoms with Crippen molar-refractivity contribution in [1.82, 2.24) is 4.90 Å². The molecule has 3 aromatic rings. The number of rotatable bonds is 6. The molecular weight excluding hydrogens is 438 g/mol. The minimum atomic E-state index is -0.354. The van der Waals surface area contributed by atoms with Gasteiger partial charge in [-0.15, -0.1) is 0 Å². The second-order valence-corrected chi connectivity index (χ2v) is 9.88. The van der Waals surface area contributed by atoms with Crippen LogP contribution in [0.1, 0.15) is 50.0 Å². The van der Waals surface area contributed by atoms with Gasteiger partial charge in [0.2, 0.25) is 0 Å². The van der Waals surface area contributed by atoms with Gasteiger partial charge in [-0.05, 0) is 85.8 Å². The molecule has 2 heterocycles. The van der Waals surface area contributed by atoms with E-state index >= 15 is 0 Å². The fourth-order valence-corrected chi connectivity index (χ4v) is 5.12. The molecular formula is C30H33NO4. The fraction of sp³-hybridized carbons (Fsp3) is 0.333. The Kier molecular flexibility index (Phi) is 6.44. The van der Waals surface area contributed by atoms with Crippen molar-refractivity contribution < 1.29 is 19.7 Å². The summed E-state index contributed by atoms with van der Waals surface area (Å²) in [6, 6.07) is 20.9. The van der Waals surface area contributed by atoms with Crippen LogP contribution in [-0.2, 0) is 0 Å². The molecule has 2 N–H and O–H groups in total. The number of nitrogens with zero attached hydrogens (tertiary/aromatic N) is 1. The van der Waals surface area contributed by atoms with E-state index in [1.165, 1.54) is 6.42 Å². The van der Waals surface area contributed by atoms with E-state index in [4.69, 9.17) is 9.47 Å². The topological polar surface area (TPSA) is 62.2 Å². The van der Waals surface area contributed by atoms with Crippen LogP contribution in [-0.4, -0.2) is 40.9 Å². The first-order chi connectivity index (χ1) is 16.9. The zero-order valence-electron chi connectivity index (χ0n) is 20.6. The van der Waals surface area contributed by atoms with Gasteiger partial charge in [-0.25, -0.2) is 0 Å². The lowest BCUT2D eigenvalue weighted by Gasteiger charge is -2.31. The number of hydrogen-bond donors (Lipinski definition) is 2. The number of fused-ring (bicyclic) bond motifs is 1. The highest BCUT2D eigenvalue weighted by Gasteiger charge is 2.30. The van der Waals surface area contributed by atoms with Crippen molar-refractivity contribution in [3.63, 3.8) is 0 Å². The summed E-state index contributed by atoms with van der Waals surface area (Å²) in [4.78, 5) is 2.50. The van der Waals surface area contributed by atoms with E-state index in [0.29, 0.717) is 18.4 Å². The van der Waals surface area contributed by atoms with E-state index in [9.17, 15) is 10.2 Å². The highest BCUT2D eigenvalue weighted by Crippen LogP contribution is 2.47. The number of phenolic OH excluding ortho intramolecular Hbond substituents is 2. The summed E-state index contributed by atoms with van der Waals surface area (Å²) in [6.45, 7) is 9.56. The molecule has 0 amide bonds. The Hall–Kier alpha value is -3.44. The molecule has 0 bridgehead atoms. The largest absolute Gasteiger partial charge is 0.508 e. The van der Waals surface area contributed by atoms with Crippen LogP contribution in [0.2, 0.25) is 0 Å². The average Bonchev–Trinajstić information content (AvgIpc) is 3.30. The Morgan fingerprint density at radius 1 is 1.00 bits per heavy atom. The van der Waals surface area contributed by atoms with E-state index in [1.54, 1.807) is 24.3 Å². The van der Waals surface area contributed by atoms with E-state index < -0.39 is 0 Å². The first-order valence-corrected chi connectivity index (χ1v) is 12.4. The van der Waals surface area contributed by atoms with Crippen LogP contribution in [0.25, 0.3) is 11.1 Å². The average molecular weight is 472 g/mol. The number of likely N-dealkylation sites (tertiary alicyclic amines) is 1. The Labute approximate surface area is 207 Å². The Morgan fingerprint density at radius 2 is 1.71 bits per heavy atom. The van der Waals surface area contributed by atoms with Crippen molar-refractivity contribution in [3.05, 3.63) is 83.4 Å². The van der Waals surface area contributed by atoms with E-state index in [2.05, 4.69) is 25.7 Å². The summed E-state index contributed by atoms with van der Waals surface area (Å²) in [5, 5.41) is 19.8. The molecule has 35 heavy (non-hydrogen) atoms. The van der Waals surface area contributed by atoms with Gasteiger partial charge in [-0.3, -0.25) is 4.90 Å². The van der Waals surface area contributed by atoms with E-state index in [-0.39, 0.29) is 17.6 Å². The molecule has 5 nitrogen and oxygen atoms in total.